The zero-order valence-corrected chi connectivity index (χ0v) is 12.1. The summed E-state index contributed by atoms with van der Waals surface area (Å²) in [7, 11) is 0. The number of hydrogen-bond acceptors (Lipinski definition) is 3. The van der Waals surface area contributed by atoms with Crippen molar-refractivity contribution >= 4 is 17.7 Å². The molecule has 108 valence electrons. The number of amides is 1. The number of hydrogen-bond donors (Lipinski definition) is 0. The number of ether oxygens (including phenoxy) is 2. The first-order valence-electron chi connectivity index (χ1n) is 6.90. The quantitative estimate of drug-likeness (QED) is 0.787. The Bertz CT molecular complexity index is 481. The second kappa shape index (κ2) is 5.62. The first-order chi connectivity index (χ1) is 9.66. The van der Waals surface area contributed by atoms with E-state index in [1.807, 2.05) is 30.3 Å². The molecule has 20 heavy (non-hydrogen) atoms. The summed E-state index contributed by atoms with van der Waals surface area (Å²) in [6.07, 6.45) is -0.361. The molecular weight excluding hydrogens is 278 g/mol. The zero-order valence-electron chi connectivity index (χ0n) is 11.4. The highest BCUT2D eigenvalue weighted by molar-refractivity contribution is 6.21. The number of fused-ring (bicyclic) bond motifs is 1. The van der Waals surface area contributed by atoms with E-state index in [2.05, 4.69) is 6.92 Å². The van der Waals surface area contributed by atoms with Crippen molar-refractivity contribution in [3.8, 4) is 0 Å². The van der Waals surface area contributed by atoms with E-state index in [0.717, 1.165) is 5.56 Å². The second-order valence-electron chi connectivity index (χ2n) is 5.47. The van der Waals surface area contributed by atoms with Crippen molar-refractivity contribution in [3.63, 3.8) is 0 Å². The van der Waals surface area contributed by atoms with Crippen LogP contribution >= 0.6 is 11.6 Å². The Kier molecular flexibility index (Phi) is 3.85. The lowest BCUT2D eigenvalue weighted by Gasteiger charge is -2.25. The summed E-state index contributed by atoms with van der Waals surface area (Å²) in [6, 6.07) is 9.71. The van der Waals surface area contributed by atoms with Crippen LogP contribution in [0.3, 0.4) is 0 Å². The van der Waals surface area contributed by atoms with Crippen LogP contribution in [0.15, 0.2) is 30.3 Å². The molecule has 3 rings (SSSR count). The van der Waals surface area contributed by atoms with Gasteiger partial charge in [-0.15, -0.1) is 11.6 Å². The van der Waals surface area contributed by atoms with Crippen LogP contribution in [0, 0.1) is 5.92 Å². The van der Waals surface area contributed by atoms with E-state index in [-0.39, 0.29) is 30.2 Å². The van der Waals surface area contributed by atoms with Crippen LogP contribution in [-0.4, -0.2) is 41.7 Å². The molecule has 0 spiro atoms. The first-order valence-corrected chi connectivity index (χ1v) is 7.33. The van der Waals surface area contributed by atoms with Crippen LogP contribution in [-0.2, 0) is 16.1 Å². The standard InChI is InChI=1S/C15H18ClNO3/c1-10-8-19-14-12(16)7-17(13(10)14)15(18)20-9-11-5-3-2-4-6-11/h2-6,10,12-14H,7-9H2,1H3/t10-,12+,13+,14+/m0/s1. The molecule has 1 aromatic carbocycles. The van der Waals surface area contributed by atoms with Gasteiger partial charge in [-0.2, -0.15) is 0 Å². The van der Waals surface area contributed by atoms with Gasteiger partial charge in [0, 0.05) is 12.5 Å². The number of carbonyl (C=O) groups is 1. The van der Waals surface area contributed by atoms with Gasteiger partial charge in [0.05, 0.1) is 24.1 Å². The van der Waals surface area contributed by atoms with E-state index in [9.17, 15) is 4.79 Å². The number of rotatable bonds is 2. The van der Waals surface area contributed by atoms with Crippen LogP contribution in [0.1, 0.15) is 12.5 Å². The Labute approximate surface area is 123 Å². The van der Waals surface area contributed by atoms with Crippen molar-refractivity contribution < 1.29 is 14.3 Å². The van der Waals surface area contributed by atoms with E-state index >= 15 is 0 Å². The van der Waals surface area contributed by atoms with E-state index in [1.54, 1.807) is 4.90 Å². The van der Waals surface area contributed by atoms with Gasteiger partial charge in [-0.05, 0) is 5.56 Å². The summed E-state index contributed by atoms with van der Waals surface area (Å²) in [4.78, 5) is 14.0. The topological polar surface area (TPSA) is 38.8 Å². The summed E-state index contributed by atoms with van der Waals surface area (Å²) in [5.41, 5.74) is 0.981. The third kappa shape index (κ3) is 2.50. The van der Waals surface area contributed by atoms with Gasteiger partial charge in [0.2, 0.25) is 0 Å². The maximum absolute atomic E-state index is 12.2. The lowest BCUT2D eigenvalue weighted by atomic mass is 10.0. The Morgan fingerprint density at radius 2 is 2.20 bits per heavy atom. The molecule has 2 aliphatic heterocycles. The Morgan fingerprint density at radius 1 is 1.45 bits per heavy atom. The van der Waals surface area contributed by atoms with E-state index in [4.69, 9.17) is 21.1 Å². The van der Waals surface area contributed by atoms with Gasteiger partial charge in [0.15, 0.2) is 0 Å². The van der Waals surface area contributed by atoms with Gasteiger partial charge < -0.3 is 14.4 Å². The fraction of sp³-hybridized carbons (Fsp3) is 0.533. The average Bonchev–Trinajstić information content (AvgIpc) is 3.00. The zero-order chi connectivity index (χ0) is 14.1. The lowest BCUT2D eigenvalue weighted by molar-refractivity contribution is 0.0805. The van der Waals surface area contributed by atoms with Crippen molar-refractivity contribution in [3.05, 3.63) is 35.9 Å². The highest BCUT2D eigenvalue weighted by atomic mass is 35.5. The first kappa shape index (κ1) is 13.7. The molecule has 5 heteroatoms. The highest BCUT2D eigenvalue weighted by Crippen LogP contribution is 2.36. The predicted octanol–water partition coefficient (Wildman–Crippen LogP) is 2.65. The predicted molar refractivity (Wildman–Crippen MR) is 75.7 cm³/mol. The molecule has 4 nitrogen and oxygen atoms in total. The number of benzene rings is 1. The third-order valence-electron chi connectivity index (χ3n) is 4.00. The van der Waals surface area contributed by atoms with Crippen LogP contribution in [0.4, 0.5) is 4.79 Å². The van der Waals surface area contributed by atoms with Gasteiger partial charge >= 0.3 is 6.09 Å². The maximum Gasteiger partial charge on any atom is 0.410 e. The number of halogens is 1. The summed E-state index contributed by atoms with van der Waals surface area (Å²) >= 11 is 6.26. The van der Waals surface area contributed by atoms with E-state index in [0.29, 0.717) is 19.1 Å². The number of carbonyl (C=O) groups excluding carboxylic acids is 1. The maximum atomic E-state index is 12.2. The third-order valence-corrected chi connectivity index (χ3v) is 4.38. The minimum absolute atomic E-state index is 0.0424. The minimum Gasteiger partial charge on any atom is -0.445 e. The van der Waals surface area contributed by atoms with Crippen molar-refractivity contribution in [2.24, 2.45) is 5.92 Å². The van der Waals surface area contributed by atoms with Crippen LogP contribution < -0.4 is 0 Å². The van der Waals surface area contributed by atoms with Crippen LogP contribution in [0.2, 0.25) is 0 Å². The molecule has 0 aromatic heterocycles. The Hall–Kier alpha value is -1.26. The van der Waals surface area contributed by atoms with Crippen molar-refractivity contribution in [1.29, 1.82) is 0 Å². The van der Waals surface area contributed by atoms with Gasteiger partial charge in [-0.3, -0.25) is 0 Å². The van der Waals surface area contributed by atoms with Crippen LogP contribution in [0.25, 0.3) is 0 Å². The SMILES string of the molecule is C[C@H]1CO[C@H]2[C@@H]1N(C(=O)OCc1ccccc1)C[C@H]2Cl. The molecule has 1 amide bonds. The van der Waals surface area contributed by atoms with Gasteiger partial charge in [0.1, 0.15) is 6.61 Å². The molecule has 0 bridgehead atoms. The van der Waals surface area contributed by atoms with E-state index < -0.39 is 0 Å². The summed E-state index contributed by atoms with van der Waals surface area (Å²) < 4.78 is 11.1. The molecule has 0 radical (unpaired) electrons. The largest absolute Gasteiger partial charge is 0.445 e. The van der Waals surface area contributed by atoms with Crippen molar-refractivity contribution in [2.75, 3.05) is 13.2 Å². The second-order valence-corrected chi connectivity index (χ2v) is 6.03. The molecule has 0 aliphatic carbocycles. The molecular formula is C15H18ClNO3. The molecule has 2 heterocycles. The molecule has 0 saturated carbocycles. The molecule has 0 unspecified atom stereocenters. The fourth-order valence-electron chi connectivity index (χ4n) is 3.00. The molecule has 2 aliphatic rings. The summed E-state index contributed by atoms with van der Waals surface area (Å²) in [5.74, 6) is 0.299. The van der Waals surface area contributed by atoms with Crippen molar-refractivity contribution in [2.45, 2.75) is 31.1 Å². The number of nitrogens with zero attached hydrogens (tertiary/aromatic N) is 1. The Morgan fingerprint density at radius 3 is 2.95 bits per heavy atom. The monoisotopic (exact) mass is 295 g/mol. The Balaban J connectivity index is 1.62. The summed E-state index contributed by atoms with van der Waals surface area (Å²) in [5, 5.41) is -0.144. The van der Waals surface area contributed by atoms with Gasteiger partial charge in [-0.25, -0.2) is 4.79 Å². The lowest BCUT2D eigenvalue weighted by Crippen LogP contribution is -2.41. The average molecular weight is 296 g/mol. The number of likely N-dealkylation sites (tertiary alicyclic amines) is 1. The molecule has 1 aromatic rings. The van der Waals surface area contributed by atoms with Gasteiger partial charge in [-0.1, -0.05) is 37.3 Å². The van der Waals surface area contributed by atoms with Crippen LogP contribution in [0.5, 0.6) is 0 Å². The molecule has 0 N–H and O–H groups in total. The van der Waals surface area contributed by atoms with E-state index in [1.165, 1.54) is 0 Å². The van der Waals surface area contributed by atoms with Gasteiger partial charge in [0.25, 0.3) is 0 Å². The van der Waals surface area contributed by atoms with Crippen molar-refractivity contribution in [1.82, 2.24) is 4.90 Å². The smallest absolute Gasteiger partial charge is 0.410 e. The molecule has 2 fully saturated rings. The fourth-order valence-corrected chi connectivity index (χ4v) is 3.37. The highest BCUT2D eigenvalue weighted by Gasteiger charge is 2.50. The molecule has 4 atom stereocenters. The molecule has 2 saturated heterocycles. The summed E-state index contributed by atoms with van der Waals surface area (Å²) in [6.45, 7) is 3.52. The normalized spacial score (nSPS) is 32.2. The number of alkyl halides is 1. The minimum atomic E-state index is -0.302.